The van der Waals surface area contributed by atoms with Crippen LogP contribution in [-0.4, -0.2) is 132 Å². The van der Waals surface area contributed by atoms with Crippen LogP contribution in [0.4, 0.5) is 20.2 Å². The Hall–Kier alpha value is -6.09. The highest BCUT2D eigenvalue weighted by Crippen LogP contribution is 2.44. The lowest BCUT2D eigenvalue weighted by Gasteiger charge is -2.32. The average Bonchev–Trinajstić information content (AvgIpc) is 3.92. The zero-order chi connectivity index (χ0) is 53.5. The van der Waals surface area contributed by atoms with Crippen LogP contribution >= 0.6 is 0 Å². The van der Waals surface area contributed by atoms with E-state index in [4.69, 9.17) is 37.9 Å². The molecular weight excluding hydrogens is 941 g/mol. The molecule has 4 aromatic rings. The maximum absolute atomic E-state index is 13.9. The number of nitrogens with one attached hydrogen (secondary N) is 2. The molecule has 400 valence electrons. The molecule has 5 atom stereocenters. The number of rotatable bonds is 18. The largest absolute Gasteiger partial charge is 0.489 e. The number of hydrogen-bond acceptors (Lipinski definition) is 16. The van der Waals surface area contributed by atoms with Gasteiger partial charge in [0.2, 0.25) is 0 Å². The molecule has 0 radical (unpaired) electrons. The minimum Gasteiger partial charge on any atom is -0.489 e. The summed E-state index contributed by atoms with van der Waals surface area (Å²) in [6.07, 6.45) is -1.09. The zero-order valence-electron chi connectivity index (χ0n) is 45.0. The molecule has 2 saturated heterocycles. The van der Waals surface area contributed by atoms with Crippen molar-refractivity contribution in [3.05, 3.63) is 78.4 Å². The molecule has 2 aliphatic heterocycles. The molecule has 20 heteroatoms. The van der Waals surface area contributed by atoms with Crippen molar-refractivity contribution in [2.75, 3.05) is 31.5 Å². The van der Waals surface area contributed by atoms with Crippen LogP contribution in [-0.2, 0) is 51.1 Å². The van der Waals surface area contributed by atoms with E-state index < -0.39 is 83.0 Å². The Bertz CT molecular complexity index is 2510. The van der Waals surface area contributed by atoms with E-state index in [0.717, 1.165) is 11.1 Å². The number of fused-ring (bicyclic) bond motifs is 2. The molecule has 0 aliphatic carbocycles. The zero-order valence-corrected chi connectivity index (χ0v) is 45.0. The number of alkyl carbamates (subject to hydrolysis) is 1. The molecule has 0 bridgehead atoms. The lowest BCUT2D eigenvalue weighted by molar-refractivity contribution is -0.198. The number of carbonyl (C=O) groups is 4. The van der Waals surface area contributed by atoms with E-state index >= 15 is 0 Å². The third kappa shape index (κ3) is 17.3. The summed E-state index contributed by atoms with van der Waals surface area (Å²) in [7, 11) is 0. The summed E-state index contributed by atoms with van der Waals surface area (Å²) < 4.78 is 50.6. The molecule has 73 heavy (non-hydrogen) atoms. The van der Waals surface area contributed by atoms with E-state index in [9.17, 15) is 19.2 Å². The van der Waals surface area contributed by atoms with Gasteiger partial charge in [0.05, 0.1) is 6.33 Å². The number of anilines is 1. The third-order valence-electron chi connectivity index (χ3n) is 11.0. The smallest absolute Gasteiger partial charge is 0.413 e. The fourth-order valence-electron chi connectivity index (χ4n) is 8.23. The van der Waals surface area contributed by atoms with Crippen LogP contribution in [0, 0.1) is 0 Å². The lowest BCUT2D eigenvalue weighted by atomic mass is 10.1. The third-order valence-corrected chi connectivity index (χ3v) is 11.0. The predicted molar refractivity (Wildman–Crippen MR) is 271 cm³/mol. The van der Waals surface area contributed by atoms with Gasteiger partial charge in [-0.25, -0.2) is 34.1 Å². The maximum Gasteiger partial charge on any atom is 0.413 e. The highest BCUT2D eigenvalue weighted by atomic mass is 16.8. The summed E-state index contributed by atoms with van der Waals surface area (Å²) in [5.74, 6) is -0.792. The van der Waals surface area contributed by atoms with E-state index in [0.29, 0.717) is 43.0 Å². The van der Waals surface area contributed by atoms with Gasteiger partial charge in [0.15, 0.2) is 29.0 Å². The summed E-state index contributed by atoms with van der Waals surface area (Å²) in [5, 5.41) is 5.43. The maximum atomic E-state index is 13.9. The molecule has 2 fully saturated rings. The molecule has 2 aliphatic rings. The Morgan fingerprint density at radius 3 is 2.05 bits per heavy atom. The van der Waals surface area contributed by atoms with Crippen LogP contribution in [0.15, 0.2) is 67.3 Å². The summed E-state index contributed by atoms with van der Waals surface area (Å²) in [6.45, 7) is 26.8. The van der Waals surface area contributed by atoms with Crippen molar-refractivity contribution in [1.82, 2.24) is 34.6 Å². The Labute approximate surface area is 429 Å². The number of esters is 1. The van der Waals surface area contributed by atoms with Crippen molar-refractivity contribution in [3.8, 4) is 5.75 Å². The van der Waals surface area contributed by atoms with Gasteiger partial charge in [-0.3, -0.25) is 9.88 Å². The van der Waals surface area contributed by atoms with Crippen LogP contribution in [0.25, 0.3) is 11.2 Å². The average molecular weight is 1020 g/mol. The number of aromatic nitrogens is 4. The van der Waals surface area contributed by atoms with Crippen molar-refractivity contribution in [3.63, 3.8) is 0 Å². The summed E-state index contributed by atoms with van der Waals surface area (Å²) >= 11 is 0. The number of amides is 3. The Kier molecular flexibility index (Phi) is 17.7. The normalized spacial score (nSPS) is 19.2. The quantitative estimate of drug-likeness (QED) is 0.0702. The number of hydrogen-bond donors (Lipinski definition) is 2. The van der Waals surface area contributed by atoms with Gasteiger partial charge < -0.3 is 53.0 Å². The number of nitrogens with zero attached hydrogens (tertiary/aromatic N) is 6. The molecule has 4 heterocycles. The van der Waals surface area contributed by atoms with Crippen molar-refractivity contribution in [1.29, 1.82) is 0 Å². The second-order valence-electron chi connectivity index (χ2n) is 22.8. The van der Waals surface area contributed by atoms with E-state index in [2.05, 4.69) is 30.5 Å². The number of carbonyl (C=O) groups excluding carboxylic acids is 4. The molecule has 20 nitrogen and oxygen atoms in total. The first-order chi connectivity index (χ1) is 34.0. The van der Waals surface area contributed by atoms with Gasteiger partial charge in [-0.15, -0.1) is 0 Å². The van der Waals surface area contributed by atoms with E-state index in [-0.39, 0.29) is 31.9 Å². The van der Waals surface area contributed by atoms with Crippen molar-refractivity contribution in [2.45, 2.75) is 182 Å². The van der Waals surface area contributed by atoms with Crippen molar-refractivity contribution < 1.29 is 57.1 Å². The summed E-state index contributed by atoms with van der Waals surface area (Å²) in [4.78, 5) is 70.8. The van der Waals surface area contributed by atoms with Gasteiger partial charge in [0, 0.05) is 26.2 Å². The molecule has 6 rings (SSSR count). The molecule has 0 unspecified atom stereocenters. The van der Waals surface area contributed by atoms with Crippen LogP contribution < -0.4 is 15.4 Å². The Balaban J connectivity index is 1.27. The van der Waals surface area contributed by atoms with Crippen LogP contribution in [0.3, 0.4) is 0 Å². The molecule has 2 aromatic carbocycles. The Morgan fingerprint density at radius 1 is 0.740 bits per heavy atom. The minimum atomic E-state index is -1.08. The van der Waals surface area contributed by atoms with Gasteiger partial charge in [0.1, 0.15) is 65.4 Å². The molecular formula is C53H76N8O12. The standard InChI is InChI=1S/C53H76N8O12/c1-49(2,3)70-45(62)37(57-46(63)71-50(4,5)6)24-27-59(25-19-26-60(48(65)73-52(10,11)12)29-35-22-18-23-36(28-35)66-31-34-20-16-15-17-21-34)30-38-40-41(69-53(13,14)68-40)44(67-38)61-33-56-39-42(54-32-55-43(39)61)58-47(64)72-51(7,8)9/h15-18,20-23,28,32-33,37-38,40-41,44H,19,24-27,29-31H2,1-14H3,(H,57,63)(H,54,55,58,64)/t37-,38+,40+,41+,44+/m0/s1. The van der Waals surface area contributed by atoms with Crippen LogP contribution in [0.2, 0.25) is 0 Å². The first-order valence-corrected chi connectivity index (χ1v) is 24.9. The lowest BCUT2D eigenvalue weighted by Crippen LogP contribution is -2.48. The predicted octanol–water partition coefficient (Wildman–Crippen LogP) is 8.92. The molecule has 3 amide bonds. The van der Waals surface area contributed by atoms with E-state index in [1.54, 1.807) is 78.1 Å². The monoisotopic (exact) mass is 1020 g/mol. The highest BCUT2D eigenvalue weighted by Gasteiger charge is 2.56. The summed E-state index contributed by atoms with van der Waals surface area (Å²) in [5.41, 5.74) is -0.598. The van der Waals surface area contributed by atoms with E-state index in [1.165, 1.54) is 6.33 Å². The van der Waals surface area contributed by atoms with E-state index in [1.807, 2.05) is 89.2 Å². The van der Waals surface area contributed by atoms with Gasteiger partial charge in [0.25, 0.3) is 0 Å². The Morgan fingerprint density at radius 2 is 1.38 bits per heavy atom. The molecule has 2 aromatic heterocycles. The van der Waals surface area contributed by atoms with Crippen LogP contribution in [0.1, 0.15) is 127 Å². The highest BCUT2D eigenvalue weighted by molar-refractivity contribution is 5.93. The number of imidazole rings is 1. The fourth-order valence-corrected chi connectivity index (χ4v) is 8.23. The first-order valence-electron chi connectivity index (χ1n) is 24.9. The van der Waals surface area contributed by atoms with Gasteiger partial charge in [-0.1, -0.05) is 42.5 Å². The fraction of sp³-hybridized carbons (Fsp3) is 0.604. The second-order valence-corrected chi connectivity index (χ2v) is 22.8. The SMILES string of the molecule is CC(C)(C)OC(=O)Nc1ncnc2c1ncn2[C@@H]1O[C@H](CN(CCCN(Cc2cccc(OCc3ccccc3)c2)C(=O)OC(C)(C)C)CC[C@H](NC(=O)OC(C)(C)C)C(=O)OC(C)(C)C)[C@H]2OC(C)(C)O[C@H]21. The molecule has 2 N–H and O–H groups in total. The van der Waals surface area contributed by atoms with Crippen LogP contribution in [0.5, 0.6) is 5.75 Å². The number of benzene rings is 2. The van der Waals surface area contributed by atoms with Gasteiger partial charge >= 0.3 is 24.2 Å². The summed E-state index contributed by atoms with van der Waals surface area (Å²) in [6, 6.07) is 16.4. The molecule has 0 saturated carbocycles. The second kappa shape index (κ2) is 23.0. The van der Waals surface area contributed by atoms with Gasteiger partial charge in [-0.05, 0) is 140 Å². The van der Waals surface area contributed by atoms with Crippen molar-refractivity contribution >= 4 is 41.2 Å². The number of ether oxygens (including phenoxy) is 8. The molecule has 0 spiro atoms. The first kappa shape index (κ1) is 56.2. The minimum absolute atomic E-state index is 0.128. The van der Waals surface area contributed by atoms with Crippen molar-refractivity contribution in [2.24, 2.45) is 0 Å². The van der Waals surface area contributed by atoms with Gasteiger partial charge in [-0.2, -0.15) is 0 Å². The topological polar surface area (TPSA) is 216 Å².